The van der Waals surface area contributed by atoms with E-state index in [1.807, 2.05) is 60.7 Å². The summed E-state index contributed by atoms with van der Waals surface area (Å²) in [5.74, 6) is -0.221. The largest absolute Gasteiger partial charge is 0.337 e. The van der Waals surface area contributed by atoms with Crippen molar-refractivity contribution in [1.29, 1.82) is 0 Å². The van der Waals surface area contributed by atoms with Gasteiger partial charge in [-0.15, -0.1) is 5.10 Å². The molecule has 0 unspecified atom stereocenters. The molecule has 1 saturated heterocycles. The van der Waals surface area contributed by atoms with Gasteiger partial charge in [-0.3, -0.25) is 9.59 Å². The van der Waals surface area contributed by atoms with Gasteiger partial charge in [-0.2, -0.15) is 9.90 Å². The van der Waals surface area contributed by atoms with Crippen LogP contribution in [0.15, 0.2) is 60.7 Å². The summed E-state index contributed by atoms with van der Waals surface area (Å²) in [7, 11) is 0. The van der Waals surface area contributed by atoms with Gasteiger partial charge in [0.1, 0.15) is 0 Å². The van der Waals surface area contributed by atoms with Crippen LogP contribution in [0.4, 0.5) is 5.69 Å². The number of para-hydroxylation sites is 2. The predicted molar refractivity (Wildman–Crippen MR) is 110 cm³/mol. The molecule has 0 spiro atoms. The summed E-state index contributed by atoms with van der Waals surface area (Å²) in [5, 5.41) is 11.7. The van der Waals surface area contributed by atoms with E-state index in [-0.39, 0.29) is 17.7 Å². The van der Waals surface area contributed by atoms with Gasteiger partial charge < -0.3 is 10.2 Å². The molecular formula is C22H23N5O2. The number of likely N-dealkylation sites (tertiary alicyclic amines) is 1. The van der Waals surface area contributed by atoms with Crippen molar-refractivity contribution < 1.29 is 9.59 Å². The second-order valence-corrected chi connectivity index (χ2v) is 7.18. The molecule has 0 bridgehead atoms. The average Bonchev–Trinajstić information content (AvgIpc) is 3.16. The van der Waals surface area contributed by atoms with Crippen LogP contribution in [0, 0.1) is 12.8 Å². The summed E-state index contributed by atoms with van der Waals surface area (Å²) in [6.07, 6.45) is 1.27. The fraction of sp³-hybridized carbons (Fsp3) is 0.273. The van der Waals surface area contributed by atoms with Gasteiger partial charge >= 0.3 is 0 Å². The molecular weight excluding hydrogens is 366 g/mol. The Hall–Kier alpha value is -3.48. The third-order valence-electron chi connectivity index (χ3n) is 5.17. The standard InChI is InChI=1S/C22H23N5O2/c1-16-20(25-27(24-16)19-10-6-3-7-11-19)22(29)26-14-12-17(13-15-26)21(28)23-18-8-4-2-5-9-18/h2-11,17H,12-15H2,1H3,(H,23,28). The Kier molecular flexibility index (Phi) is 5.37. The molecule has 7 heteroatoms. The Balaban J connectivity index is 1.38. The molecule has 29 heavy (non-hydrogen) atoms. The summed E-state index contributed by atoms with van der Waals surface area (Å²) >= 11 is 0. The molecule has 148 valence electrons. The number of benzene rings is 2. The maximum absolute atomic E-state index is 12.9. The van der Waals surface area contributed by atoms with Gasteiger partial charge in [0.05, 0.1) is 11.4 Å². The monoisotopic (exact) mass is 389 g/mol. The lowest BCUT2D eigenvalue weighted by molar-refractivity contribution is -0.121. The Bertz CT molecular complexity index is 993. The number of nitrogens with zero attached hydrogens (tertiary/aromatic N) is 4. The van der Waals surface area contributed by atoms with Crippen molar-refractivity contribution in [3.8, 4) is 5.69 Å². The molecule has 0 atom stereocenters. The highest BCUT2D eigenvalue weighted by Gasteiger charge is 2.30. The highest BCUT2D eigenvalue weighted by molar-refractivity contribution is 5.94. The molecule has 1 N–H and O–H groups in total. The summed E-state index contributed by atoms with van der Waals surface area (Å²) in [5.41, 5.74) is 2.57. The third kappa shape index (κ3) is 4.18. The zero-order valence-electron chi connectivity index (χ0n) is 16.3. The topological polar surface area (TPSA) is 80.1 Å². The van der Waals surface area contributed by atoms with Gasteiger partial charge in [0.25, 0.3) is 5.91 Å². The first-order valence-electron chi connectivity index (χ1n) is 9.76. The fourth-order valence-electron chi connectivity index (χ4n) is 3.51. The Labute approximate surface area is 169 Å². The number of aromatic nitrogens is 3. The highest BCUT2D eigenvalue weighted by Crippen LogP contribution is 2.21. The van der Waals surface area contributed by atoms with Crippen LogP contribution in [0.1, 0.15) is 29.0 Å². The van der Waals surface area contributed by atoms with Crippen LogP contribution in [0.3, 0.4) is 0 Å². The van der Waals surface area contributed by atoms with E-state index in [0.717, 1.165) is 11.4 Å². The first kappa shape index (κ1) is 18.9. The minimum Gasteiger partial charge on any atom is -0.337 e. The third-order valence-corrected chi connectivity index (χ3v) is 5.17. The van der Waals surface area contributed by atoms with Crippen molar-refractivity contribution in [3.05, 3.63) is 72.1 Å². The van der Waals surface area contributed by atoms with Crippen LogP contribution in [0.25, 0.3) is 5.69 Å². The van der Waals surface area contributed by atoms with Crippen molar-refractivity contribution in [2.75, 3.05) is 18.4 Å². The molecule has 0 radical (unpaired) electrons. The molecule has 2 amide bonds. The molecule has 1 aliphatic rings. The Morgan fingerprint density at radius 2 is 1.55 bits per heavy atom. The molecule has 0 aliphatic carbocycles. The normalized spacial score (nSPS) is 14.6. The zero-order valence-corrected chi connectivity index (χ0v) is 16.3. The number of piperidine rings is 1. The van der Waals surface area contributed by atoms with E-state index < -0.39 is 0 Å². The van der Waals surface area contributed by atoms with Crippen molar-refractivity contribution in [1.82, 2.24) is 19.9 Å². The van der Waals surface area contributed by atoms with E-state index in [0.29, 0.717) is 37.3 Å². The van der Waals surface area contributed by atoms with E-state index in [1.165, 1.54) is 4.80 Å². The maximum atomic E-state index is 12.9. The van der Waals surface area contributed by atoms with Gasteiger partial charge in [0.15, 0.2) is 5.69 Å². The number of hydrogen-bond acceptors (Lipinski definition) is 4. The quantitative estimate of drug-likeness (QED) is 0.744. The van der Waals surface area contributed by atoms with E-state index in [4.69, 9.17) is 0 Å². The van der Waals surface area contributed by atoms with Gasteiger partial charge in [-0.25, -0.2) is 0 Å². The number of hydrogen-bond donors (Lipinski definition) is 1. The highest BCUT2D eigenvalue weighted by atomic mass is 16.2. The van der Waals surface area contributed by atoms with Crippen LogP contribution in [-0.4, -0.2) is 44.8 Å². The lowest BCUT2D eigenvalue weighted by atomic mass is 9.95. The Morgan fingerprint density at radius 3 is 2.21 bits per heavy atom. The second-order valence-electron chi connectivity index (χ2n) is 7.18. The first-order chi connectivity index (χ1) is 14.1. The van der Waals surface area contributed by atoms with Gasteiger partial charge in [0.2, 0.25) is 5.91 Å². The lowest BCUT2D eigenvalue weighted by Crippen LogP contribution is -2.41. The molecule has 2 heterocycles. The van der Waals surface area contributed by atoms with E-state index in [1.54, 1.807) is 11.8 Å². The van der Waals surface area contributed by atoms with Crippen LogP contribution in [0.2, 0.25) is 0 Å². The number of carbonyl (C=O) groups excluding carboxylic acids is 2. The number of aryl methyl sites for hydroxylation is 1. The second kappa shape index (κ2) is 8.26. The summed E-state index contributed by atoms with van der Waals surface area (Å²) in [6.45, 7) is 2.85. The van der Waals surface area contributed by atoms with E-state index in [9.17, 15) is 9.59 Å². The molecule has 1 aliphatic heterocycles. The number of nitrogens with one attached hydrogen (secondary N) is 1. The van der Waals surface area contributed by atoms with Gasteiger partial charge in [-0.1, -0.05) is 36.4 Å². The molecule has 1 aromatic heterocycles. The van der Waals surface area contributed by atoms with Crippen molar-refractivity contribution in [2.45, 2.75) is 19.8 Å². The van der Waals surface area contributed by atoms with E-state index >= 15 is 0 Å². The van der Waals surface area contributed by atoms with Gasteiger partial charge in [0, 0.05) is 24.7 Å². The van der Waals surface area contributed by atoms with Crippen LogP contribution in [-0.2, 0) is 4.79 Å². The van der Waals surface area contributed by atoms with Crippen molar-refractivity contribution in [2.24, 2.45) is 5.92 Å². The van der Waals surface area contributed by atoms with Crippen LogP contribution in [0.5, 0.6) is 0 Å². The maximum Gasteiger partial charge on any atom is 0.276 e. The van der Waals surface area contributed by atoms with Crippen LogP contribution >= 0.6 is 0 Å². The van der Waals surface area contributed by atoms with E-state index in [2.05, 4.69) is 15.5 Å². The first-order valence-corrected chi connectivity index (χ1v) is 9.76. The van der Waals surface area contributed by atoms with Crippen LogP contribution < -0.4 is 5.32 Å². The summed E-state index contributed by atoms with van der Waals surface area (Å²) < 4.78 is 0. The SMILES string of the molecule is Cc1nn(-c2ccccc2)nc1C(=O)N1CCC(C(=O)Nc2ccccc2)CC1. The molecule has 3 aromatic rings. The van der Waals surface area contributed by atoms with Crippen molar-refractivity contribution in [3.63, 3.8) is 0 Å². The molecule has 2 aromatic carbocycles. The number of amides is 2. The smallest absolute Gasteiger partial charge is 0.276 e. The number of carbonyl (C=O) groups is 2. The molecule has 4 rings (SSSR count). The lowest BCUT2D eigenvalue weighted by Gasteiger charge is -2.30. The number of rotatable bonds is 4. The zero-order chi connectivity index (χ0) is 20.2. The minimum atomic E-state index is -0.133. The molecule has 1 fully saturated rings. The minimum absolute atomic E-state index is 0.00880. The fourth-order valence-corrected chi connectivity index (χ4v) is 3.51. The summed E-state index contributed by atoms with van der Waals surface area (Å²) in [4.78, 5) is 28.7. The van der Waals surface area contributed by atoms with Gasteiger partial charge in [-0.05, 0) is 44.0 Å². The molecule has 7 nitrogen and oxygen atoms in total. The molecule has 0 saturated carbocycles. The van der Waals surface area contributed by atoms with Crippen molar-refractivity contribution >= 4 is 17.5 Å². The Morgan fingerprint density at radius 1 is 0.931 bits per heavy atom. The summed E-state index contributed by atoms with van der Waals surface area (Å²) in [6, 6.07) is 18.9. The average molecular weight is 389 g/mol. The number of anilines is 1. The predicted octanol–water partition coefficient (Wildman–Crippen LogP) is 3.07.